The minimum absolute atomic E-state index is 0.154. The second-order valence-corrected chi connectivity index (χ2v) is 5.57. The van der Waals surface area contributed by atoms with Crippen LogP contribution in [0.4, 0.5) is 5.00 Å². The Labute approximate surface area is 127 Å². The molecule has 2 aromatic rings. The number of carbonyl (C=O) groups excluding carboxylic acids is 2. The Balaban J connectivity index is 1.95. The quantitative estimate of drug-likeness (QED) is 0.865. The first kappa shape index (κ1) is 14.5. The number of rotatable bonds is 5. The van der Waals surface area contributed by atoms with Crippen LogP contribution in [0.25, 0.3) is 0 Å². The van der Waals surface area contributed by atoms with Gasteiger partial charge < -0.3 is 15.8 Å². The number of primary amides is 1. The molecule has 0 fully saturated rings. The molecular formula is C13H11BrN2O3S. The zero-order chi connectivity index (χ0) is 14.5. The molecule has 0 unspecified atom stereocenters. The molecule has 7 heteroatoms. The summed E-state index contributed by atoms with van der Waals surface area (Å²) in [5.41, 5.74) is 5.49. The van der Waals surface area contributed by atoms with Gasteiger partial charge in [0, 0.05) is 0 Å². The number of ether oxygens (including phenoxy) is 1. The summed E-state index contributed by atoms with van der Waals surface area (Å²) < 4.78 is 6.14. The highest BCUT2D eigenvalue weighted by molar-refractivity contribution is 9.10. The molecule has 0 radical (unpaired) electrons. The van der Waals surface area contributed by atoms with Crippen LogP contribution >= 0.6 is 27.3 Å². The lowest BCUT2D eigenvalue weighted by atomic mass is 10.3. The number of para-hydroxylation sites is 1. The SMILES string of the molecule is NC(=O)c1ccsc1NC(=O)COc1ccccc1Br. The molecule has 0 atom stereocenters. The third-order valence-corrected chi connectivity index (χ3v) is 3.86. The fourth-order valence-electron chi connectivity index (χ4n) is 1.47. The maximum atomic E-state index is 11.8. The minimum atomic E-state index is -0.576. The van der Waals surface area contributed by atoms with E-state index in [0.717, 1.165) is 4.47 Å². The molecule has 3 N–H and O–H groups in total. The first-order valence-corrected chi connectivity index (χ1v) is 7.29. The van der Waals surface area contributed by atoms with E-state index < -0.39 is 5.91 Å². The number of benzene rings is 1. The summed E-state index contributed by atoms with van der Waals surface area (Å²) >= 11 is 4.56. The molecule has 1 aromatic carbocycles. The molecule has 0 aliphatic carbocycles. The number of halogens is 1. The van der Waals surface area contributed by atoms with Crippen molar-refractivity contribution in [1.82, 2.24) is 0 Å². The van der Waals surface area contributed by atoms with Crippen molar-refractivity contribution in [2.24, 2.45) is 5.73 Å². The third-order valence-electron chi connectivity index (χ3n) is 2.38. The lowest BCUT2D eigenvalue weighted by Crippen LogP contribution is -2.21. The molecule has 1 aromatic heterocycles. The Morgan fingerprint density at radius 3 is 2.75 bits per heavy atom. The van der Waals surface area contributed by atoms with Crippen molar-refractivity contribution in [2.45, 2.75) is 0 Å². The highest BCUT2D eigenvalue weighted by Gasteiger charge is 2.13. The Bertz CT molecular complexity index is 642. The van der Waals surface area contributed by atoms with Crippen molar-refractivity contribution in [3.8, 4) is 5.75 Å². The zero-order valence-corrected chi connectivity index (χ0v) is 12.7. The van der Waals surface area contributed by atoms with Gasteiger partial charge in [-0.05, 0) is 39.5 Å². The highest BCUT2D eigenvalue weighted by atomic mass is 79.9. The van der Waals surface area contributed by atoms with E-state index in [1.54, 1.807) is 17.5 Å². The van der Waals surface area contributed by atoms with Crippen molar-refractivity contribution in [3.63, 3.8) is 0 Å². The molecule has 0 spiro atoms. The van der Waals surface area contributed by atoms with E-state index in [1.165, 1.54) is 11.3 Å². The summed E-state index contributed by atoms with van der Waals surface area (Å²) in [7, 11) is 0. The van der Waals surface area contributed by atoms with Crippen LogP contribution in [0.2, 0.25) is 0 Å². The normalized spacial score (nSPS) is 10.1. The van der Waals surface area contributed by atoms with E-state index in [-0.39, 0.29) is 12.5 Å². The number of anilines is 1. The van der Waals surface area contributed by atoms with Gasteiger partial charge in [0.1, 0.15) is 10.8 Å². The Kier molecular flexibility index (Phi) is 4.75. The number of nitrogens with two attached hydrogens (primary N) is 1. The monoisotopic (exact) mass is 354 g/mol. The first-order chi connectivity index (χ1) is 9.58. The van der Waals surface area contributed by atoms with Crippen molar-refractivity contribution in [3.05, 3.63) is 45.7 Å². The molecule has 2 rings (SSSR count). The lowest BCUT2D eigenvalue weighted by Gasteiger charge is -2.08. The molecule has 0 aliphatic rings. The van der Waals surface area contributed by atoms with Crippen LogP contribution in [0.5, 0.6) is 5.75 Å². The fraction of sp³-hybridized carbons (Fsp3) is 0.0769. The van der Waals surface area contributed by atoms with Gasteiger partial charge in [-0.15, -0.1) is 11.3 Å². The molecule has 0 aliphatic heterocycles. The van der Waals surface area contributed by atoms with Gasteiger partial charge in [0.15, 0.2) is 6.61 Å². The lowest BCUT2D eigenvalue weighted by molar-refractivity contribution is -0.118. The summed E-state index contributed by atoms with van der Waals surface area (Å²) in [5, 5.41) is 4.71. The number of hydrogen-bond acceptors (Lipinski definition) is 4. The van der Waals surface area contributed by atoms with Crippen LogP contribution < -0.4 is 15.8 Å². The minimum Gasteiger partial charge on any atom is -0.483 e. The van der Waals surface area contributed by atoms with Crippen molar-refractivity contribution in [1.29, 1.82) is 0 Å². The molecule has 1 heterocycles. The summed E-state index contributed by atoms with van der Waals surface area (Å²) in [6, 6.07) is 8.79. The van der Waals surface area contributed by atoms with E-state index >= 15 is 0 Å². The van der Waals surface area contributed by atoms with E-state index in [9.17, 15) is 9.59 Å². The fourth-order valence-corrected chi connectivity index (χ4v) is 2.68. The van der Waals surface area contributed by atoms with E-state index in [4.69, 9.17) is 10.5 Å². The molecule has 2 amide bonds. The maximum absolute atomic E-state index is 11.8. The van der Waals surface area contributed by atoms with Crippen LogP contribution in [0, 0.1) is 0 Å². The second-order valence-electron chi connectivity index (χ2n) is 3.79. The van der Waals surface area contributed by atoms with E-state index in [2.05, 4.69) is 21.2 Å². The standard InChI is InChI=1S/C13H11BrN2O3S/c14-9-3-1-2-4-10(9)19-7-11(17)16-13-8(12(15)18)5-6-20-13/h1-6H,7H2,(H2,15,18)(H,16,17). The maximum Gasteiger partial charge on any atom is 0.262 e. The van der Waals surface area contributed by atoms with Crippen LogP contribution in [0.3, 0.4) is 0 Å². The number of nitrogens with one attached hydrogen (secondary N) is 1. The summed E-state index contributed by atoms with van der Waals surface area (Å²) in [4.78, 5) is 22.9. The predicted molar refractivity (Wildman–Crippen MR) is 81.1 cm³/mol. The van der Waals surface area contributed by atoms with Gasteiger partial charge >= 0.3 is 0 Å². The smallest absolute Gasteiger partial charge is 0.262 e. The highest BCUT2D eigenvalue weighted by Crippen LogP contribution is 2.24. The van der Waals surface area contributed by atoms with Crippen molar-refractivity contribution in [2.75, 3.05) is 11.9 Å². The Hall–Kier alpha value is -1.86. The van der Waals surface area contributed by atoms with Gasteiger partial charge in [-0.2, -0.15) is 0 Å². The molecule has 0 bridgehead atoms. The molecule has 0 saturated carbocycles. The second kappa shape index (κ2) is 6.53. The summed E-state index contributed by atoms with van der Waals surface area (Å²) in [5.74, 6) is -0.358. The summed E-state index contributed by atoms with van der Waals surface area (Å²) in [6.07, 6.45) is 0. The topological polar surface area (TPSA) is 81.4 Å². The average molecular weight is 355 g/mol. The Morgan fingerprint density at radius 1 is 1.30 bits per heavy atom. The first-order valence-electron chi connectivity index (χ1n) is 5.62. The van der Waals surface area contributed by atoms with E-state index in [0.29, 0.717) is 16.3 Å². The number of amides is 2. The van der Waals surface area contributed by atoms with Crippen LogP contribution in [0.1, 0.15) is 10.4 Å². The zero-order valence-electron chi connectivity index (χ0n) is 10.3. The van der Waals surface area contributed by atoms with Gasteiger partial charge in [-0.25, -0.2) is 0 Å². The molecule has 0 saturated heterocycles. The van der Waals surface area contributed by atoms with Gasteiger partial charge in [-0.1, -0.05) is 12.1 Å². The molecule has 5 nitrogen and oxygen atoms in total. The van der Waals surface area contributed by atoms with Crippen LogP contribution in [-0.4, -0.2) is 18.4 Å². The van der Waals surface area contributed by atoms with Crippen LogP contribution in [-0.2, 0) is 4.79 Å². The third kappa shape index (κ3) is 3.58. The van der Waals surface area contributed by atoms with Crippen molar-refractivity contribution >= 4 is 44.1 Å². The number of hydrogen-bond donors (Lipinski definition) is 2. The number of carbonyl (C=O) groups is 2. The van der Waals surface area contributed by atoms with Gasteiger partial charge in [0.2, 0.25) is 0 Å². The van der Waals surface area contributed by atoms with Gasteiger partial charge in [-0.3, -0.25) is 9.59 Å². The van der Waals surface area contributed by atoms with Crippen molar-refractivity contribution < 1.29 is 14.3 Å². The van der Waals surface area contributed by atoms with E-state index in [1.807, 2.05) is 18.2 Å². The molecular weight excluding hydrogens is 344 g/mol. The summed E-state index contributed by atoms with van der Waals surface area (Å²) in [6.45, 7) is -0.154. The largest absolute Gasteiger partial charge is 0.483 e. The van der Waals surface area contributed by atoms with Gasteiger partial charge in [0.25, 0.3) is 11.8 Å². The van der Waals surface area contributed by atoms with Crippen LogP contribution in [0.15, 0.2) is 40.2 Å². The Morgan fingerprint density at radius 2 is 2.05 bits per heavy atom. The number of thiophene rings is 1. The van der Waals surface area contributed by atoms with Gasteiger partial charge in [0.05, 0.1) is 10.0 Å². The molecule has 104 valence electrons. The average Bonchev–Trinajstić information content (AvgIpc) is 2.86. The predicted octanol–water partition coefficient (Wildman–Crippen LogP) is 2.63. The molecule has 20 heavy (non-hydrogen) atoms.